The normalized spacial score (nSPS) is 13.8. The molecule has 0 aliphatic heterocycles. The molecular formula is C6H9F8NO3S. The van der Waals surface area contributed by atoms with Crippen LogP contribution in [0.25, 0.3) is 0 Å². The van der Waals surface area contributed by atoms with Gasteiger partial charge in [0, 0.05) is 0 Å². The first-order valence-electron chi connectivity index (χ1n) is 4.14. The van der Waals surface area contributed by atoms with E-state index in [1.165, 1.54) is 0 Å². The summed E-state index contributed by atoms with van der Waals surface area (Å²) in [7, 11) is -3.03. The van der Waals surface area contributed by atoms with Gasteiger partial charge in [0.05, 0.1) is 0 Å². The Bertz CT molecular complexity index is 365. The van der Waals surface area contributed by atoms with E-state index in [2.05, 4.69) is 5.32 Å². The lowest BCUT2D eigenvalue weighted by Crippen LogP contribution is -2.49. The second kappa shape index (κ2) is 6.65. The fourth-order valence-corrected chi connectivity index (χ4v) is 1.09. The van der Waals surface area contributed by atoms with Crippen LogP contribution in [0.4, 0.5) is 35.3 Å². The van der Waals surface area contributed by atoms with Gasteiger partial charge >= 0.3 is 27.5 Å². The van der Waals surface area contributed by atoms with Crippen molar-refractivity contribution in [2.45, 2.75) is 23.8 Å². The Hall–Kier alpha value is -0.690. The SMILES string of the molecule is CNC.O=S(=O)(OF)C(F)(F)C(F)(F)CC(F)(F)F. The van der Waals surface area contributed by atoms with Gasteiger partial charge in [-0.1, -0.05) is 4.39 Å². The van der Waals surface area contributed by atoms with E-state index >= 15 is 0 Å². The minimum atomic E-state index is -6.78. The maximum absolute atomic E-state index is 12.3. The second-order valence-corrected chi connectivity index (χ2v) is 4.58. The van der Waals surface area contributed by atoms with Gasteiger partial charge in [0.1, 0.15) is 6.42 Å². The molecule has 118 valence electrons. The molecule has 4 nitrogen and oxygen atoms in total. The van der Waals surface area contributed by atoms with Crippen LogP contribution in [0.15, 0.2) is 0 Å². The van der Waals surface area contributed by atoms with Crippen LogP contribution in [-0.4, -0.2) is 39.9 Å². The van der Waals surface area contributed by atoms with Gasteiger partial charge in [0.2, 0.25) is 0 Å². The summed E-state index contributed by atoms with van der Waals surface area (Å²) >= 11 is 0. The molecule has 0 saturated heterocycles. The number of halogens is 8. The highest BCUT2D eigenvalue weighted by Crippen LogP contribution is 2.45. The van der Waals surface area contributed by atoms with Crippen LogP contribution in [0.3, 0.4) is 0 Å². The van der Waals surface area contributed by atoms with E-state index in [9.17, 15) is 43.7 Å². The summed E-state index contributed by atoms with van der Waals surface area (Å²) in [5.41, 5.74) is 0. The van der Waals surface area contributed by atoms with Crippen molar-refractivity contribution in [1.29, 1.82) is 0 Å². The van der Waals surface area contributed by atoms with Crippen molar-refractivity contribution in [3.8, 4) is 0 Å². The van der Waals surface area contributed by atoms with Crippen LogP contribution in [0.2, 0.25) is 0 Å². The van der Waals surface area contributed by atoms with E-state index in [4.69, 9.17) is 0 Å². The lowest BCUT2D eigenvalue weighted by Gasteiger charge is -2.24. The zero-order valence-electron chi connectivity index (χ0n) is 9.36. The monoisotopic (exact) mass is 327 g/mol. The third kappa shape index (κ3) is 5.86. The Morgan fingerprint density at radius 3 is 1.53 bits per heavy atom. The first kappa shape index (κ1) is 20.6. The fraction of sp³-hybridized carbons (Fsp3) is 1.00. The van der Waals surface area contributed by atoms with Gasteiger partial charge in [0.25, 0.3) is 0 Å². The standard InChI is InChI=1S/C4H2F8O3S.C2H7N/c5-2(6,1-3(7,8)9)4(10,11)16(13,14)15-12;1-3-2/h1H2;3H,1-2H3. The van der Waals surface area contributed by atoms with E-state index in [-0.39, 0.29) is 0 Å². The van der Waals surface area contributed by atoms with Crippen molar-refractivity contribution in [2.75, 3.05) is 14.1 Å². The molecule has 0 aromatic rings. The van der Waals surface area contributed by atoms with Crippen LogP contribution in [0.1, 0.15) is 6.42 Å². The van der Waals surface area contributed by atoms with Gasteiger partial charge in [-0.05, 0) is 18.6 Å². The molecule has 0 aliphatic carbocycles. The smallest absolute Gasteiger partial charge is 0.323 e. The Morgan fingerprint density at radius 1 is 1.00 bits per heavy atom. The van der Waals surface area contributed by atoms with Crippen molar-refractivity contribution in [3.05, 3.63) is 0 Å². The number of hydrogen-bond donors (Lipinski definition) is 1. The predicted octanol–water partition coefficient (Wildman–Crippen LogP) is 2.23. The van der Waals surface area contributed by atoms with Gasteiger partial charge in [0.15, 0.2) is 0 Å². The number of hydrogen-bond acceptors (Lipinski definition) is 4. The molecule has 0 aromatic heterocycles. The topological polar surface area (TPSA) is 55.4 Å². The van der Waals surface area contributed by atoms with E-state index in [0.29, 0.717) is 0 Å². The van der Waals surface area contributed by atoms with Crippen LogP contribution < -0.4 is 5.32 Å². The van der Waals surface area contributed by atoms with Crippen molar-refractivity contribution >= 4 is 10.1 Å². The summed E-state index contributed by atoms with van der Waals surface area (Å²) in [6, 6.07) is 0. The molecule has 0 saturated carbocycles. The molecule has 0 aromatic carbocycles. The molecule has 13 heteroatoms. The average Bonchev–Trinajstić information content (AvgIpc) is 2.14. The lowest BCUT2D eigenvalue weighted by atomic mass is 10.2. The van der Waals surface area contributed by atoms with Crippen molar-refractivity contribution in [1.82, 2.24) is 5.32 Å². The molecular weight excluding hydrogens is 318 g/mol. The van der Waals surface area contributed by atoms with E-state index < -0.39 is 33.9 Å². The molecule has 0 heterocycles. The van der Waals surface area contributed by atoms with E-state index in [0.717, 1.165) is 0 Å². The Balaban J connectivity index is 0. The zero-order valence-corrected chi connectivity index (χ0v) is 10.2. The number of nitrogens with one attached hydrogen (secondary N) is 1. The third-order valence-corrected chi connectivity index (χ3v) is 2.34. The lowest BCUT2D eigenvalue weighted by molar-refractivity contribution is -0.239. The van der Waals surface area contributed by atoms with Crippen LogP contribution >= 0.6 is 0 Å². The highest BCUT2D eigenvalue weighted by Gasteiger charge is 2.70. The summed E-state index contributed by atoms with van der Waals surface area (Å²) in [6.45, 7) is 0. The van der Waals surface area contributed by atoms with Gasteiger partial charge in [-0.2, -0.15) is 39.2 Å². The van der Waals surface area contributed by atoms with Crippen LogP contribution in [0, 0.1) is 0 Å². The molecule has 0 spiro atoms. The minimum Gasteiger partial charge on any atom is -0.323 e. The van der Waals surface area contributed by atoms with Crippen molar-refractivity contribution in [3.63, 3.8) is 0 Å². The zero-order chi connectivity index (χ0) is 16.1. The molecule has 0 unspecified atom stereocenters. The average molecular weight is 327 g/mol. The number of rotatable bonds is 4. The Labute approximate surface area is 102 Å². The molecule has 0 fully saturated rings. The second-order valence-electron chi connectivity index (χ2n) is 3.03. The summed E-state index contributed by atoms with van der Waals surface area (Å²) in [6.07, 6.45) is -9.20. The Kier molecular flexibility index (Phi) is 7.22. The molecule has 19 heavy (non-hydrogen) atoms. The highest BCUT2D eigenvalue weighted by molar-refractivity contribution is 7.87. The van der Waals surface area contributed by atoms with Crippen LogP contribution in [0.5, 0.6) is 0 Å². The van der Waals surface area contributed by atoms with E-state index in [1.807, 2.05) is 14.1 Å². The molecule has 0 radical (unpaired) electrons. The van der Waals surface area contributed by atoms with Gasteiger partial charge < -0.3 is 5.32 Å². The molecule has 1 N–H and O–H groups in total. The van der Waals surface area contributed by atoms with E-state index in [1.54, 1.807) is 4.39 Å². The quantitative estimate of drug-likeness (QED) is 0.805. The summed E-state index contributed by atoms with van der Waals surface area (Å²) in [5, 5.41) is -3.58. The van der Waals surface area contributed by atoms with Crippen molar-refractivity contribution < 1.29 is 48.1 Å². The third-order valence-electron chi connectivity index (χ3n) is 1.25. The Morgan fingerprint density at radius 2 is 1.32 bits per heavy atom. The molecule has 0 aliphatic rings. The van der Waals surface area contributed by atoms with Crippen LogP contribution in [-0.2, 0) is 14.5 Å². The maximum Gasteiger partial charge on any atom is 0.434 e. The maximum atomic E-state index is 12.3. The fourth-order valence-electron chi connectivity index (χ4n) is 0.577. The predicted molar refractivity (Wildman–Crippen MR) is 46.7 cm³/mol. The van der Waals surface area contributed by atoms with Gasteiger partial charge in [-0.15, -0.1) is 0 Å². The van der Waals surface area contributed by atoms with Gasteiger partial charge in [-0.25, -0.2) is 0 Å². The first-order chi connectivity index (χ1) is 8.18. The largest absolute Gasteiger partial charge is 0.434 e. The summed E-state index contributed by atoms with van der Waals surface area (Å²) in [4.78, 5) is 0. The summed E-state index contributed by atoms with van der Waals surface area (Å²) in [5.74, 6) is -6.05. The molecule has 0 rings (SSSR count). The summed E-state index contributed by atoms with van der Waals surface area (Å²) < 4.78 is 116. The van der Waals surface area contributed by atoms with Crippen molar-refractivity contribution in [2.24, 2.45) is 0 Å². The molecule has 0 amide bonds. The molecule has 0 bridgehead atoms. The minimum absolute atomic E-state index is 1.58. The highest BCUT2D eigenvalue weighted by atomic mass is 32.2. The number of alkyl halides is 7. The molecule has 0 atom stereocenters. The first-order valence-corrected chi connectivity index (χ1v) is 5.55. The van der Waals surface area contributed by atoms with Gasteiger partial charge in [-0.3, -0.25) is 0 Å².